The highest BCUT2D eigenvalue weighted by molar-refractivity contribution is 5.96. The summed E-state index contributed by atoms with van der Waals surface area (Å²) in [4.78, 5) is 9.29. The van der Waals surface area contributed by atoms with Gasteiger partial charge in [0.15, 0.2) is 17.2 Å². The Hall–Kier alpha value is -7.08. The Morgan fingerprint density at radius 3 is 1.68 bits per heavy atom. The number of hydrogen-bond acceptors (Lipinski definition) is 5. The number of rotatable bonds is 6. The molecule has 9 aromatic rings. The van der Waals surface area contributed by atoms with E-state index < -0.39 is 23.5 Å². The molecule has 9 rings (SSSR count). The monoisotopic (exact) mass is 753 g/mol. The Kier molecular flexibility index (Phi) is 8.26. The van der Waals surface area contributed by atoms with Gasteiger partial charge in [-0.2, -0.15) is 26.3 Å². The van der Waals surface area contributed by atoms with Gasteiger partial charge in [-0.05, 0) is 101 Å². The van der Waals surface area contributed by atoms with Crippen molar-refractivity contribution < 1.29 is 30.8 Å². The van der Waals surface area contributed by atoms with Gasteiger partial charge < -0.3 is 4.42 Å². The quantitative estimate of drug-likeness (QED) is 0.158. The minimum atomic E-state index is -4.55. The summed E-state index contributed by atoms with van der Waals surface area (Å²) in [7, 11) is 0. The fourth-order valence-electron chi connectivity index (χ4n) is 6.75. The predicted octanol–water partition coefficient (Wildman–Crippen LogP) is 12.3. The van der Waals surface area contributed by atoms with Crippen LogP contribution in [0.15, 0.2) is 156 Å². The maximum atomic E-state index is 13.4. The molecule has 0 N–H and O–H groups in total. The normalized spacial score (nSPS) is 12.1. The van der Waals surface area contributed by atoms with E-state index in [1.807, 2.05) is 78.9 Å². The molecule has 0 saturated heterocycles. The van der Waals surface area contributed by atoms with Crippen LogP contribution in [0.1, 0.15) is 11.1 Å². The topological polar surface area (TPSA) is 69.6 Å². The number of oxazole rings is 1. The first-order valence-electron chi connectivity index (χ1n) is 17.3. The van der Waals surface area contributed by atoms with Crippen molar-refractivity contribution >= 4 is 22.0 Å². The maximum Gasteiger partial charge on any atom is 0.416 e. The fourth-order valence-corrected chi connectivity index (χ4v) is 6.75. The minimum absolute atomic E-state index is 0.200. The molecule has 0 bridgehead atoms. The van der Waals surface area contributed by atoms with Gasteiger partial charge in [-0.3, -0.25) is 9.55 Å². The van der Waals surface area contributed by atoms with Crippen molar-refractivity contribution in [2.24, 2.45) is 0 Å². The molecular formula is C44H25F6N5O. The molecule has 0 spiro atoms. The van der Waals surface area contributed by atoms with Gasteiger partial charge in [-0.15, -0.1) is 10.2 Å². The first-order valence-corrected chi connectivity index (χ1v) is 17.3. The van der Waals surface area contributed by atoms with Crippen LogP contribution in [0, 0.1) is 0 Å². The number of alkyl halides is 6. The summed E-state index contributed by atoms with van der Waals surface area (Å²) in [6.45, 7) is 0. The number of benzene rings is 6. The number of halogens is 6. The fraction of sp³-hybridized carbons (Fsp3) is 0.0455. The molecule has 56 heavy (non-hydrogen) atoms. The largest absolute Gasteiger partial charge is 0.436 e. The lowest BCUT2D eigenvalue weighted by Gasteiger charge is -2.14. The Bertz CT molecular complexity index is 2760. The highest BCUT2D eigenvalue weighted by Crippen LogP contribution is 2.38. The first-order chi connectivity index (χ1) is 27.0. The third-order valence-corrected chi connectivity index (χ3v) is 9.49. The van der Waals surface area contributed by atoms with E-state index >= 15 is 0 Å². The highest BCUT2D eigenvalue weighted by atomic mass is 19.4. The average Bonchev–Trinajstić information content (AvgIpc) is 3.86. The highest BCUT2D eigenvalue weighted by Gasteiger charge is 2.31. The predicted molar refractivity (Wildman–Crippen MR) is 201 cm³/mol. The van der Waals surface area contributed by atoms with Crippen molar-refractivity contribution in [1.29, 1.82) is 0 Å². The lowest BCUT2D eigenvalue weighted by molar-refractivity contribution is -0.138. The summed E-state index contributed by atoms with van der Waals surface area (Å²) in [5.41, 5.74) is 5.96. The van der Waals surface area contributed by atoms with Gasteiger partial charge in [-0.1, -0.05) is 66.7 Å². The lowest BCUT2D eigenvalue weighted by Crippen LogP contribution is -2.05. The van der Waals surface area contributed by atoms with Gasteiger partial charge >= 0.3 is 12.4 Å². The van der Waals surface area contributed by atoms with Crippen LogP contribution in [0.25, 0.3) is 84.2 Å². The van der Waals surface area contributed by atoms with Gasteiger partial charge in [-0.25, -0.2) is 4.98 Å². The molecule has 6 aromatic carbocycles. The summed E-state index contributed by atoms with van der Waals surface area (Å²) >= 11 is 0. The first kappa shape index (κ1) is 34.7. The van der Waals surface area contributed by atoms with Crippen LogP contribution in [-0.2, 0) is 12.4 Å². The minimum Gasteiger partial charge on any atom is -0.436 e. The Morgan fingerprint density at radius 2 is 1.05 bits per heavy atom. The third-order valence-electron chi connectivity index (χ3n) is 9.49. The smallest absolute Gasteiger partial charge is 0.416 e. The number of hydrogen-bond donors (Lipinski definition) is 0. The zero-order valence-electron chi connectivity index (χ0n) is 28.8. The van der Waals surface area contributed by atoms with E-state index in [-0.39, 0.29) is 11.6 Å². The molecule has 0 unspecified atom stereocenters. The zero-order chi connectivity index (χ0) is 38.6. The second kappa shape index (κ2) is 13.3. The molecule has 0 atom stereocenters. The van der Waals surface area contributed by atoms with E-state index in [9.17, 15) is 26.3 Å². The van der Waals surface area contributed by atoms with E-state index in [1.54, 1.807) is 22.9 Å². The van der Waals surface area contributed by atoms with Crippen LogP contribution < -0.4 is 0 Å². The van der Waals surface area contributed by atoms with Crippen molar-refractivity contribution in [3.05, 3.63) is 163 Å². The SMILES string of the molecule is FC(F)(F)c1ccc(-c2nnc(-c3ccc(C(F)(F)F)cc3)n2-c2ccc(-c3cc(-c4nc5ccccc5o4)cc(-c4cccc5ncccc45)c3)cc2)cc1. The Morgan fingerprint density at radius 1 is 0.482 bits per heavy atom. The van der Waals surface area contributed by atoms with Crippen LogP contribution in [0.5, 0.6) is 0 Å². The molecular weight excluding hydrogens is 729 g/mol. The van der Waals surface area contributed by atoms with Gasteiger partial charge in [0.2, 0.25) is 5.89 Å². The van der Waals surface area contributed by atoms with Crippen molar-refractivity contribution in [1.82, 2.24) is 24.7 Å². The second-order valence-corrected chi connectivity index (χ2v) is 13.0. The summed E-state index contributed by atoms with van der Waals surface area (Å²) < 4.78 is 88.3. The number of aromatic nitrogens is 5. The average molecular weight is 754 g/mol. The molecule has 12 heteroatoms. The van der Waals surface area contributed by atoms with Crippen LogP contribution in [0.3, 0.4) is 0 Å². The summed E-state index contributed by atoms with van der Waals surface area (Å²) in [6.07, 6.45) is -7.35. The molecule has 0 fully saturated rings. The number of para-hydroxylation sites is 2. The number of nitrogens with zero attached hydrogens (tertiary/aromatic N) is 5. The lowest BCUT2D eigenvalue weighted by atomic mass is 9.94. The zero-order valence-corrected chi connectivity index (χ0v) is 28.8. The van der Waals surface area contributed by atoms with Crippen LogP contribution in [0.4, 0.5) is 26.3 Å². The van der Waals surface area contributed by atoms with Crippen molar-refractivity contribution in [2.45, 2.75) is 12.4 Å². The summed E-state index contributed by atoms with van der Waals surface area (Å²) in [5, 5.41) is 9.57. The third kappa shape index (κ3) is 6.44. The van der Waals surface area contributed by atoms with Gasteiger partial charge in [0.05, 0.1) is 16.6 Å². The summed E-state index contributed by atoms with van der Waals surface area (Å²) in [5.74, 6) is 0.841. The second-order valence-electron chi connectivity index (χ2n) is 13.0. The Labute approximate surface area is 314 Å². The molecule has 3 aromatic heterocycles. The molecule has 0 radical (unpaired) electrons. The molecule has 0 aliphatic carbocycles. The van der Waals surface area contributed by atoms with E-state index in [0.717, 1.165) is 68.5 Å². The molecule has 0 amide bonds. The molecule has 0 aliphatic heterocycles. The van der Waals surface area contributed by atoms with Crippen molar-refractivity contribution in [3.8, 4) is 62.2 Å². The van der Waals surface area contributed by atoms with E-state index in [1.165, 1.54) is 24.3 Å². The molecule has 274 valence electrons. The van der Waals surface area contributed by atoms with E-state index in [4.69, 9.17) is 9.40 Å². The van der Waals surface area contributed by atoms with Crippen LogP contribution in [0.2, 0.25) is 0 Å². The molecule has 0 aliphatic rings. The van der Waals surface area contributed by atoms with Crippen LogP contribution in [-0.4, -0.2) is 24.7 Å². The van der Waals surface area contributed by atoms with E-state index in [0.29, 0.717) is 28.3 Å². The number of pyridine rings is 1. The Balaban J connectivity index is 1.17. The molecule has 3 heterocycles. The van der Waals surface area contributed by atoms with Gasteiger partial charge in [0.1, 0.15) is 5.52 Å². The maximum absolute atomic E-state index is 13.4. The van der Waals surface area contributed by atoms with Crippen molar-refractivity contribution in [2.75, 3.05) is 0 Å². The van der Waals surface area contributed by atoms with Crippen molar-refractivity contribution in [3.63, 3.8) is 0 Å². The molecule has 6 nitrogen and oxygen atoms in total. The summed E-state index contributed by atoms with van der Waals surface area (Å²) in [6, 6.07) is 39.7. The van der Waals surface area contributed by atoms with Crippen LogP contribution >= 0.6 is 0 Å². The van der Waals surface area contributed by atoms with E-state index in [2.05, 4.69) is 21.2 Å². The molecule has 0 saturated carbocycles. The number of fused-ring (bicyclic) bond motifs is 2. The van der Waals surface area contributed by atoms with Gasteiger partial charge in [0.25, 0.3) is 0 Å². The standard InChI is InChI=1S/C44H25F6N5O/c45-43(46,47)32-16-10-27(11-17-32)40-53-54-41(28-12-18-33(19-13-28)44(48,49)50)55(40)34-20-14-26(15-21-34)29-23-30(35-5-3-8-37-36(35)6-4-22-51-37)25-31(24-29)42-52-38-7-1-2-9-39(38)56-42/h1-25H. The van der Waals surface area contributed by atoms with Gasteiger partial charge in [0, 0.05) is 34.0 Å².